The highest BCUT2D eigenvalue weighted by Gasteiger charge is 2.22. The lowest BCUT2D eigenvalue weighted by molar-refractivity contribution is -0.384. The Kier molecular flexibility index (Phi) is 9.49. The van der Waals surface area contributed by atoms with Crippen molar-refractivity contribution in [3.8, 4) is 0 Å². The van der Waals surface area contributed by atoms with Crippen molar-refractivity contribution in [2.45, 2.75) is 19.8 Å². The van der Waals surface area contributed by atoms with E-state index in [-0.39, 0.29) is 47.3 Å². The molecule has 0 aliphatic heterocycles. The second-order valence-corrected chi connectivity index (χ2v) is 7.04. The molecule has 0 saturated heterocycles. The van der Waals surface area contributed by atoms with Gasteiger partial charge in [0.05, 0.1) is 17.1 Å². The van der Waals surface area contributed by atoms with Gasteiger partial charge in [-0.25, -0.2) is 4.79 Å². The molecule has 33 heavy (non-hydrogen) atoms. The lowest BCUT2D eigenvalue weighted by Gasteiger charge is -2.10. The number of carbonyl (C=O) groups is 4. The van der Waals surface area contributed by atoms with E-state index in [1.165, 1.54) is 36.4 Å². The number of nitrogens with zero attached hydrogens (tertiary/aromatic N) is 1. The van der Waals surface area contributed by atoms with E-state index in [9.17, 15) is 29.3 Å². The SMILES string of the molecule is CCOC(=O)CCCNC(=O)COC(=O)c1ccccc1C(=O)c1ccc(Cl)c([N+](=O)[O-])c1. The van der Waals surface area contributed by atoms with E-state index < -0.39 is 34.9 Å². The van der Waals surface area contributed by atoms with Crippen LogP contribution >= 0.6 is 11.6 Å². The summed E-state index contributed by atoms with van der Waals surface area (Å²) in [4.78, 5) is 58.9. The fraction of sp³-hybridized carbons (Fsp3) is 0.273. The topological polar surface area (TPSA) is 142 Å². The van der Waals surface area contributed by atoms with Gasteiger partial charge < -0.3 is 14.8 Å². The molecule has 2 aromatic carbocycles. The quantitative estimate of drug-likeness (QED) is 0.171. The molecule has 0 aliphatic carbocycles. The normalized spacial score (nSPS) is 10.2. The molecule has 0 fully saturated rings. The van der Waals surface area contributed by atoms with Gasteiger partial charge in [-0.1, -0.05) is 29.8 Å². The summed E-state index contributed by atoms with van der Waals surface area (Å²) in [6.07, 6.45) is 0.509. The lowest BCUT2D eigenvalue weighted by atomic mass is 9.98. The van der Waals surface area contributed by atoms with Gasteiger partial charge in [-0.05, 0) is 31.5 Å². The Morgan fingerprint density at radius 2 is 1.76 bits per heavy atom. The van der Waals surface area contributed by atoms with Gasteiger partial charge in [0, 0.05) is 30.2 Å². The van der Waals surface area contributed by atoms with E-state index in [0.29, 0.717) is 6.42 Å². The first-order valence-electron chi connectivity index (χ1n) is 9.91. The predicted octanol–water partition coefficient (Wildman–Crippen LogP) is 3.10. The van der Waals surface area contributed by atoms with Crippen LogP contribution in [0.3, 0.4) is 0 Å². The molecule has 2 aromatic rings. The zero-order valence-corrected chi connectivity index (χ0v) is 18.4. The predicted molar refractivity (Wildman–Crippen MR) is 117 cm³/mol. The zero-order chi connectivity index (χ0) is 24.4. The maximum Gasteiger partial charge on any atom is 0.339 e. The Labute approximate surface area is 194 Å². The van der Waals surface area contributed by atoms with Crippen LogP contribution in [0, 0.1) is 10.1 Å². The van der Waals surface area contributed by atoms with Gasteiger partial charge in [0.1, 0.15) is 5.02 Å². The third-order valence-corrected chi connectivity index (χ3v) is 4.64. The molecule has 0 heterocycles. The van der Waals surface area contributed by atoms with Crippen LogP contribution in [0.1, 0.15) is 46.0 Å². The Morgan fingerprint density at radius 1 is 1.06 bits per heavy atom. The molecule has 0 aliphatic rings. The molecule has 1 N–H and O–H groups in total. The molecular formula is C22H21ClN2O8. The van der Waals surface area contributed by atoms with Gasteiger partial charge in [-0.3, -0.25) is 24.5 Å². The number of nitrogens with one attached hydrogen (secondary N) is 1. The molecule has 0 unspecified atom stereocenters. The van der Waals surface area contributed by atoms with Crippen LogP contribution in [0.15, 0.2) is 42.5 Å². The van der Waals surface area contributed by atoms with Crippen molar-refractivity contribution in [3.05, 3.63) is 74.3 Å². The summed E-state index contributed by atoms with van der Waals surface area (Å²) < 4.78 is 9.77. The minimum Gasteiger partial charge on any atom is -0.466 e. The van der Waals surface area contributed by atoms with E-state index in [2.05, 4.69) is 5.32 Å². The number of esters is 2. The standard InChI is InChI=1S/C22H21ClN2O8/c1-2-32-20(27)8-5-11-24-19(26)13-33-22(29)16-7-4-3-6-15(16)21(28)14-9-10-17(23)18(12-14)25(30)31/h3-4,6-7,9-10,12H,2,5,8,11,13H2,1H3,(H,24,26). The number of halogens is 1. The van der Waals surface area contributed by atoms with Crippen LogP contribution in [-0.4, -0.2) is 48.3 Å². The van der Waals surface area contributed by atoms with Gasteiger partial charge in [0.25, 0.3) is 11.6 Å². The Morgan fingerprint density at radius 3 is 2.42 bits per heavy atom. The highest BCUT2D eigenvalue weighted by molar-refractivity contribution is 6.33. The number of benzene rings is 2. The summed E-state index contributed by atoms with van der Waals surface area (Å²) in [5.41, 5.74) is -0.628. The third-order valence-electron chi connectivity index (χ3n) is 4.32. The molecule has 10 nitrogen and oxygen atoms in total. The van der Waals surface area contributed by atoms with Crippen LogP contribution in [0.2, 0.25) is 5.02 Å². The average molecular weight is 477 g/mol. The van der Waals surface area contributed by atoms with Crippen molar-refractivity contribution >= 4 is 40.9 Å². The molecule has 1 amide bonds. The molecular weight excluding hydrogens is 456 g/mol. The second-order valence-electron chi connectivity index (χ2n) is 6.63. The number of nitro benzene ring substituents is 1. The van der Waals surface area contributed by atoms with Crippen LogP contribution < -0.4 is 5.32 Å². The second kappa shape index (κ2) is 12.3. The van der Waals surface area contributed by atoms with Crippen molar-refractivity contribution in [1.82, 2.24) is 5.32 Å². The van der Waals surface area contributed by atoms with E-state index in [4.69, 9.17) is 21.1 Å². The fourth-order valence-corrected chi connectivity index (χ4v) is 2.95. The van der Waals surface area contributed by atoms with Gasteiger partial charge >= 0.3 is 11.9 Å². The first-order chi connectivity index (χ1) is 15.7. The van der Waals surface area contributed by atoms with Crippen LogP contribution in [0.5, 0.6) is 0 Å². The molecule has 0 saturated carbocycles. The van der Waals surface area contributed by atoms with Crippen LogP contribution in [0.4, 0.5) is 5.69 Å². The molecule has 0 atom stereocenters. The van der Waals surface area contributed by atoms with Crippen LogP contribution in [-0.2, 0) is 19.1 Å². The van der Waals surface area contributed by atoms with E-state index in [1.807, 2.05) is 0 Å². The first-order valence-corrected chi connectivity index (χ1v) is 10.3. The van der Waals surface area contributed by atoms with Crippen molar-refractivity contribution in [2.75, 3.05) is 19.8 Å². The van der Waals surface area contributed by atoms with Crippen molar-refractivity contribution in [1.29, 1.82) is 0 Å². The number of amides is 1. The molecule has 11 heteroatoms. The summed E-state index contributed by atoms with van der Waals surface area (Å²) in [7, 11) is 0. The average Bonchev–Trinajstić information content (AvgIpc) is 2.80. The fourth-order valence-electron chi connectivity index (χ4n) is 2.76. The van der Waals surface area contributed by atoms with Crippen molar-refractivity contribution < 1.29 is 33.6 Å². The zero-order valence-electron chi connectivity index (χ0n) is 17.7. The summed E-state index contributed by atoms with van der Waals surface area (Å²) in [6, 6.07) is 9.30. The Hall–Kier alpha value is -3.79. The van der Waals surface area contributed by atoms with Gasteiger partial charge in [0.15, 0.2) is 12.4 Å². The highest BCUT2D eigenvalue weighted by Crippen LogP contribution is 2.27. The van der Waals surface area contributed by atoms with Gasteiger partial charge in [-0.2, -0.15) is 0 Å². The molecule has 2 rings (SSSR count). The smallest absolute Gasteiger partial charge is 0.339 e. The highest BCUT2D eigenvalue weighted by atomic mass is 35.5. The molecule has 0 spiro atoms. The maximum absolute atomic E-state index is 12.9. The number of ether oxygens (including phenoxy) is 2. The molecule has 174 valence electrons. The first kappa shape index (κ1) is 25.5. The molecule has 0 radical (unpaired) electrons. The summed E-state index contributed by atoms with van der Waals surface area (Å²) >= 11 is 5.78. The summed E-state index contributed by atoms with van der Waals surface area (Å²) in [5, 5.41) is 13.5. The number of nitro groups is 1. The summed E-state index contributed by atoms with van der Waals surface area (Å²) in [6.45, 7) is 1.58. The maximum atomic E-state index is 12.9. The Bertz CT molecular complexity index is 1070. The van der Waals surface area contributed by atoms with Crippen molar-refractivity contribution in [3.63, 3.8) is 0 Å². The third kappa shape index (κ3) is 7.39. The minimum atomic E-state index is -0.913. The van der Waals surface area contributed by atoms with E-state index >= 15 is 0 Å². The summed E-state index contributed by atoms with van der Waals surface area (Å²) in [5.74, 6) is -2.51. The molecule has 0 bridgehead atoms. The van der Waals surface area contributed by atoms with E-state index in [0.717, 1.165) is 6.07 Å². The number of ketones is 1. The molecule has 0 aromatic heterocycles. The van der Waals surface area contributed by atoms with Gasteiger partial charge in [-0.15, -0.1) is 0 Å². The van der Waals surface area contributed by atoms with E-state index in [1.54, 1.807) is 6.92 Å². The minimum absolute atomic E-state index is 0.0364. The number of hydrogen-bond donors (Lipinski definition) is 1. The monoisotopic (exact) mass is 476 g/mol. The van der Waals surface area contributed by atoms with Crippen molar-refractivity contribution in [2.24, 2.45) is 0 Å². The lowest BCUT2D eigenvalue weighted by Crippen LogP contribution is -2.30. The van der Waals surface area contributed by atoms with Crippen LogP contribution in [0.25, 0.3) is 0 Å². The Balaban J connectivity index is 2.00. The number of carbonyl (C=O) groups excluding carboxylic acids is 4. The van der Waals surface area contributed by atoms with Gasteiger partial charge in [0.2, 0.25) is 0 Å². The number of hydrogen-bond acceptors (Lipinski definition) is 8. The number of rotatable bonds is 11. The largest absolute Gasteiger partial charge is 0.466 e.